The SMILES string of the molecule is CC(CN1CCCC1=O)NC(C)C(=O)O. The van der Waals surface area contributed by atoms with E-state index in [9.17, 15) is 9.59 Å². The summed E-state index contributed by atoms with van der Waals surface area (Å²) in [5.41, 5.74) is 0. The highest BCUT2D eigenvalue weighted by Crippen LogP contribution is 2.09. The second kappa shape index (κ2) is 5.11. The third kappa shape index (κ3) is 3.51. The standard InChI is InChI=1S/C10H18N2O3/c1-7(11-8(2)10(14)15)6-12-5-3-4-9(12)13/h7-8,11H,3-6H2,1-2H3,(H,14,15). The molecule has 0 saturated carbocycles. The second-order valence-corrected chi connectivity index (χ2v) is 4.07. The van der Waals surface area contributed by atoms with Crippen LogP contribution in [0.1, 0.15) is 26.7 Å². The Bertz CT molecular complexity index is 255. The molecule has 86 valence electrons. The lowest BCUT2D eigenvalue weighted by atomic mass is 10.2. The summed E-state index contributed by atoms with van der Waals surface area (Å²) in [4.78, 5) is 23.7. The number of amides is 1. The van der Waals surface area contributed by atoms with Gasteiger partial charge in [-0.1, -0.05) is 0 Å². The molecule has 1 aliphatic heterocycles. The van der Waals surface area contributed by atoms with Crippen molar-refractivity contribution in [3.05, 3.63) is 0 Å². The van der Waals surface area contributed by atoms with Gasteiger partial charge >= 0.3 is 5.97 Å². The Hall–Kier alpha value is -1.10. The molecule has 2 unspecified atom stereocenters. The van der Waals surface area contributed by atoms with Crippen molar-refractivity contribution in [2.45, 2.75) is 38.8 Å². The average Bonchev–Trinajstić information content (AvgIpc) is 2.51. The monoisotopic (exact) mass is 214 g/mol. The predicted molar refractivity (Wildman–Crippen MR) is 55.5 cm³/mol. The summed E-state index contributed by atoms with van der Waals surface area (Å²) in [6.07, 6.45) is 1.54. The first-order valence-corrected chi connectivity index (χ1v) is 5.27. The van der Waals surface area contributed by atoms with E-state index in [1.807, 2.05) is 6.92 Å². The van der Waals surface area contributed by atoms with Crippen LogP contribution in [0, 0.1) is 0 Å². The molecule has 2 atom stereocenters. The molecule has 1 rings (SSSR count). The Morgan fingerprint density at radius 3 is 2.73 bits per heavy atom. The number of carbonyl (C=O) groups excluding carboxylic acids is 1. The van der Waals surface area contributed by atoms with Crippen LogP contribution in [0.5, 0.6) is 0 Å². The molecule has 1 saturated heterocycles. The number of carboxylic acid groups (broad SMARTS) is 1. The van der Waals surface area contributed by atoms with E-state index in [0.717, 1.165) is 13.0 Å². The summed E-state index contributed by atoms with van der Waals surface area (Å²) in [6.45, 7) is 4.89. The Morgan fingerprint density at radius 1 is 1.60 bits per heavy atom. The molecule has 1 fully saturated rings. The van der Waals surface area contributed by atoms with Gasteiger partial charge in [0.2, 0.25) is 5.91 Å². The van der Waals surface area contributed by atoms with E-state index in [1.165, 1.54) is 0 Å². The normalized spacial score (nSPS) is 20.4. The number of hydrogen-bond donors (Lipinski definition) is 2. The third-order valence-electron chi connectivity index (χ3n) is 2.57. The Kier molecular flexibility index (Phi) is 4.08. The molecule has 5 nitrogen and oxygen atoms in total. The largest absolute Gasteiger partial charge is 0.480 e. The zero-order chi connectivity index (χ0) is 11.4. The van der Waals surface area contributed by atoms with Crippen molar-refractivity contribution < 1.29 is 14.7 Å². The first-order chi connectivity index (χ1) is 7.00. The van der Waals surface area contributed by atoms with Crippen LogP contribution in [-0.4, -0.2) is 47.1 Å². The number of carbonyl (C=O) groups is 2. The number of hydrogen-bond acceptors (Lipinski definition) is 3. The zero-order valence-electron chi connectivity index (χ0n) is 9.19. The molecule has 2 N–H and O–H groups in total. The van der Waals surface area contributed by atoms with Crippen molar-refractivity contribution in [3.63, 3.8) is 0 Å². The number of nitrogens with one attached hydrogen (secondary N) is 1. The Labute approximate surface area is 89.4 Å². The van der Waals surface area contributed by atoms with Crippen LogP contribution in [-0.2, 0) is 9.59 Å². The molecule has 0 aliphatic carbocycles. The summed E-state index contributed by atoms with van der Waals surface area (Å²) in [6, 6.07) is -0.559. The molecule has 5 heteroatoms. The predicted octanol–water partition coefficient (Wildman–Crippen LogP) is 0.0600. The van der Waals surface area contributed by atoms with Gasteiger partial charge in [-0.2, -0.15) is 0 Å². The average molecular weight is 214 g/mol. The molecule has 0 aromatic rings. The van der Waals surface area contributed by atoms with Gasteiger partial charge in [-0.3, -0.25) is 9.59 Å². The molecule has 0 aromatic heterocycles. The highest BCUT2D eigenvalue weighted by Gasteiger charge is 2.23. The van der Waals surface area contributed by atoms with E-state index < -0.39 is 12.0 Å². The molecule has 0 aromatic carbocycles. The summed E-state index contributed by atoms with van der Waals surface area (Å²) in [5, 5.41) is 11.6. The van der Waals surface area contributed by atoms with E-state index in [0.29, 0.717) is 13.0 Å². The van der Waals surface area contributed by atoms with Gasteiger partial charge in [-0.25, -0.2) is 0 Å². The fraction of sp³-hybridized carbons (Fsp3) is 0.800. The van der Waals surface area contributed by atoms with Crippen molar-refractivity contribution >= 4 is 11.9 Å². The topological polar surface area (TPSA) is 69.6 Å². The summed E-state index contributed by atoms with van der Waals surface area (Å²) in [7, 11) is 0. The fourth-order valence-corrected chi connectivity index (χ4v) is 1.78. The molecule has 0 radical (unpaired) electrons. The van der Waals surface area contributed by atoms with Crippen LogP contribution >= 0.6 is 0 Å². The molecule has 0 bridgehead atoms. The van der Waals surface area contributed by atoms with E-state index in [2.05, 4.69) is 5.32 Å². The molecular formula is C10H18N2O3. The Morgan fingerprint density at radius 2 is 2.27 bits per heavy atom. The second-order valence-electron chi connectivity index (χ2n) is 4.07. The van der Waals surface area contributed by atoms with E-state index in [1.54, 1.807) is 11.8 Å². The quantitative estimate of drug-likeness (QED) is 0.679. The minimum absolute atomic E-state index is 0.0122. The molecule has 0 spiro atoms. The molecular weight excluding hydrogens is 196 g/mol. The van der Waals surface area contributed by atoms with Crippen LogP contribution in [0.2, 0.25) is 0 Å². The van der Waals surface area contributed by atoms with Crippen molar-refractivity contribution in [1.82, 2.24) is 10.2 Å². The van der Waals surface area contributed by atoms with Gasteiger partial charge in [0.25, 0.3) is 0 Å². The Balaban J connectivity index is 2.32. The van der Waals surface area contributed by atoms with Crippen LogP contribution in [0.15, 0.2) is 0 Å². The van der Waals surface area contributed by atoms with Gasteiger partial charge in [0, 0.05) is 25.6 Å². The van der Waals surface area contributed by atoms with Gasteiger partial charge in [0.1, 0.15) is 6.04 Å². The van der Waals surface area contributed by atoms with Crippen LogP contribution < -0.4 is 5.32 Å². The first-order valence-electron chi connectivity index (χ1n) is 5.27. The molecule has 1 heterocycles. The lowest BCUT2D eigenvalue weighted by Crippen LogP contribution is -2.46. The summed E-state index contributed by atoms with van der Waals surface area (Å²) >= 11 is 0. The number of likely N-dealkylation sites (tertiary alicyclic amines) is 1. The van der Waals surface area contributed by atoms with Gasteiger partial charge in [0.05, 0.1) is 0 Å². The van der Waals surface area contributed by atoms with Gasteiger partial charge in [0.15, 0.2) is 0 Å². The number of aliphatic carboxylic acids is 1. The maximum Gasteiger partial charge on any atom is 0.320 e. The smallest absolute Gasteiger partial charge is 0.320 e. The summed E-state index contributed by atoms with van der Waals surface area (Å²) < 4.78 is 0. The van der Waals surface area contributed by atoms with E-state index in [4.69, 9.17) is 5.11 Å². The van der Waals surface area contributed by atoms with Crippen molar-refractivity contribution in [2.24, 2.45) is 0 Å². The third-order valence-corrected chi connectivity index (χ3v) is 2.57. The minimum atomic E-state index is -0.866. The zero-order valence-corrected chi connectivity index (χ0v) is 9.19. The summed E-state index contributed by atoms with van der Waals surface area (Å²) in [5.74, 6) is -0.693. The number of carboxylic acids is 1. The van der Waals surface area contributed by atoms with Crippen molar-refractivity contribution in [1.29, 1.82) is 0 Å². The highest BCUT2D eigenvalue weighted by atomic mass is 16.4. The van der Waals surface area contributed by atoms with Crippen molar-refractivity contribution in [2.75, 3.05) is 13.1 Å². The van der Waals surface area contributed by atoms with E-state index >= 15 is 0 Å². The van der Waals surface area contributed by atoms with Crippen LogP contribution in [0.4, 0.5) is 0 Å². The van der Waals surface area contributed by atoms with Gasteiger partial charge in [-0.05, 0) is 20.3 Å². The van der Waals surface area contributed by atoms with Crippen LogP contribution in [0.25, 0.3) is 0 Å². The van der Waals surface area contributed by atoms with Crippen molar-refractivity contribution in [3.8, 4) is 0 Å². The number of rotatable bonds is 5. The van der Waals surface area contributed by atoms with Crippen LogP contribution in [0.3, 0.4) is 0 Å². The van der Waals surface area contributed by atoms with Gasteiger partial charge < -0.3 is 15.3 Å². The maximum absolute atomic E-state index is 11.3. The van der Waals surface area contributed by atoms with Gasteiger partial charge in [-0.15, -0.1) is 0 Å². The lowest BCUT2D eigenvalue weighted by molar-refractivity contribution is -0.139. The lowest BCUT2D eigenvalue weighted by Gasteiger charge is -2.23. The van der Waals surface area contributed by atoms with E-state index in [-0.39, 0.29) is 11.9 Å². The highest BCUT2D eigenvalue weighted by molar-refractivity contribution is 5.78. The fourth-order valence-electron chi connectivity index (χ4n) is 1.78. The maximum atomic E-state index is 11.3. The molecule has 15 heavy (non-hydrogen) atoms. The minimum Gasteiger partial charge on any atom is -0.480 e. The number of nitrogens with zero attached hydrogens (tertiary/aromatic N) is 1. The first kappa shape index (κ1) is 12.0. The molecule has 1 aliphatic rings. The molecule has 1 amide bonds.